The van der Waals surface area contributed by atoms with Crippen LogP contribution in [0.15, 0.2) is 66.9 Å². The van der Waals surface area contributed by atoms with Crippen LogP contribution >= 0.6 is 23.4 Å². The third-order valence-electron chi connectivity index (χ3n) is 3.29. The number of hydrogen-bond donors (Lipinski definition) is 1. The van der Waals surface area contributed by atoms with E-state index in [-0.39, 0.29) is 5.91 Å². The summed E-state index contributed by atoms with van der Waals surface area (Å²) >= 11 is 7.41. The standard InChI is InChI=1S/C18H16ClN3OS/c19-15-8-6-14(7-9-15)12-24-13-18(23)20-17-10-11-22(21-17)16-4-2-1-3-5-16/h1-11H,12-13H2,(H,20,21,23). The summed E-state index contributed by atoms with van der Waals surface area (Å²) in [5, 5.41) is 7.89. The van der Waals surface area contributed by atoms with Crippen molar-refractivity contribution in [3.05, 3.63) is 77.4 Å². The van der Waals surface area contributed by atoms with Crippen LogP contribution in [0, 0.1) is 0 Å². The molecule has 3 aromatic rings. The maximum Gasteiger partial charge on any atom is 0.235 e. The Labute approximate surface area is 149 Å². The van der Waals surface area contributed by atoms with E-state index < -0.39 is 0 Å². The number of benzene rings is 2. The van der Waals surface area contributed by atoms with Gasteiger partial charge in [-0.1, -0.05) is 41.9 Å². The van der Waals surface area contributed by atoms with Gasteiger partial charge in [-0.3, -0.25) is 4.79 Å². The van der Waals surface area contributed by atoms with Crippen LogP contribution < -0.4 is 5.32 Å². The number of para-hydroxylation sites is 1. The lowest BCUT2D eigenvalue weighted by atomic mass is 10.2. The lowest BCUT2D eigenvalue weighted by molar-refractivity contribution is -0.113. The lowest BCUT2D eigenvalue weighted by Gasteiger charge is -2.03. The highest BCUT2D eigenvalue weighted by molar-refractivity contribution is 7.99. The first-order valence-electron chi connectivity index (χ1n) is 7.44. The summed E-state index contributed by atoms with van der Waals surface area (Å²) in [6.45, 7) is 0. The minimum absolute atomic E-state index is 0.0627. The maximum atomic E-state index is 12.0. The molecule has 122 valence electrons. The number of hydrogen-bond acceptors (Lipinski definition) is 3. The average molecular weight is 358 g/mol. The van der Waals surface area contributed by atoms with Crippen molar-refractivity contribution in [3.8, 4) is 5.69 Å². The average Bonchev–Trinajstić information content (AvgIpc) is 3.06. The number of nitrogens with one attached hydrogen (secondary N) is 1. The Morgan fingerprint density at radius 3 is 2.58 bits per heavy atom. The molecular formula is C18H16ClN3OS. The maximum absolute atomic E-state index is 12.0. The van der Waals surface area contributed by atoms with E-state index in [1.165, 1.54) is 0 Å². The van der Waals surface area contributed by atoms with Crippen LogP contribution in [0.1, 0.15) is 5.56 Å². The molecule has 1 heterocycles. The molecule has 3 rings (SSSR count). The van der Waals surface area contributed by atoms with Crippen molar-refractivity contribution in [3.63, 3.8) is 0 Å². The first-order valence-corrected chi connectivity index (χ1v) is 8.97. The molecular weight excluding hydrogens is 342 g/mol. The Morgan fingerprint density at radius 2 is 1.83 bits per heavy atom. The van der Waals surface area contributed by atoms with Gasteiger partial charge < -0.3 is 5.32 Å². The number of halogens is 1. The van der Waals surface area contributed by atoms with E-state index in [1.807, 2.05) is 60.8 Å². The van der Waals surface area contributed by atoms with Gasteiger partial charge in [0.05, 0.1) is 11.4 Å². The zero-order valence-electron chi connectivity index (χ0n) is 12.9. The molecule has 1 aromatic heterocycles. The third kappa shape index (κ3) is 4.63. The lowest BCUT2D eigenvalue weighted by Crippen LogP contribution is -2.14. The third-order valence-corrected chi connectivity index (χ3v) is 4.55. The number of nitrogens with zero attached hydrogens (tertiary/aromatic N) is 2. The number of carbonyl (C=O) groups excluding carboxylic acids is 1. The molecule has 0 bridgehead atoms. The topological polar surface area (TPSA) is 46.9 Å². The summed E-state index contributed by atoms with van der Waals surface area (Å²) in [4.78, 5) is 12.0. The molecule has 0 saturated heterocycles. The smallest absolute Gasteiger partial charge is 0.235 e. The molecule has 0 aliphatic carbocycles. The highest BCUT2D eigenvalue weighted by Crippen LogP contribution is 2.16. The normalized spacial score (nSPS) is 10.5. The van der Waals surface area contributed by atoms with Gasteiger partial charge >= 0.3 is 0 Å². The van der Waals surface area contributed by atoms with Crippen molar-refractivity contribution >= 4 is 35.1 Å². The van der Waals surface area contributed by atoms with Crippen LogP contribution in [0.25, 0.3) is 5.69 Å². The Morgan fingerprint density at radius 1 is 1.08 bits per heavy atom. The zero-order valence-corrected chi connectivity index (χ0v) is 14.4. The SMILES string of the molecule is O=C(CSCc1ccc(Cl)cc1)Nc1ccn(-c2ccccc2)n1. The number of carbonyl (C=O) groups is 1. The summed E-state index contributed by atoms with van der Waals surface area (Å²) < 4.78 is 1.73. The number of amides is 1. The van der Waals surface area contributed by atoms with E-state index in [0.29, 0.717) is 11.6 Å². The Balaban J connectivity index is 1.48. The van der Waals surface area contributed by atoms with Crippen molar-refractivity contribution < 1.29 is 4.79 Å². The van der Waals surface area contributed by atoms with Gasteiger partial charge in [-0.15, -0.1) is 11.8 Å². The predicted octanol–water partition coefficient (Wildman–Crippen LogP) is 4.40. The van der Waals surface area contributed by atoms with Crippen LogP contribution in [-0.4, -0.2) is 21.4 Å². The van der Waals surface area contributed by atoms with Gasteiger partial charge in [0.15, 0.2) is 5.82 Å². The highest BCUT2D eigenvalue weighted by Gasteiger charge is 2.06. The summed E-state index contributed by atoms with van der Waals surface area (Å²) in [5.41, 5.74) is 2.10. The monoisotopic (exact) mass is 357 g/mol. The van der Waals surface area contributed by atoms with Crippen molar-refractivity contribution in [1.29, 1.82) is 0 Å². The number of rotatable bonds is 6. The Kier molecular flexibility index (Phi) is 5.56. The van der Waals surface area contributed by atoms with Crippen LogP contribution in [0.4, 0.5) is 5.82 Å². The van der Waals surface area contributed by atoms with Gasteiger partial charge in [0.1, 0.15) is 0 Å². The van der Waals surface area contributed by atoms with Crippen molar-refractivity contribution in [2.75, 3.05) is 11.1 Å². The second-order valence-corrected chi connectivity index (χ2v) is 6.57. The molecule has 0 unspecified atom stereocenters. The van der Waals surface area contributed by atoms with E-state index in [2.05, 4.69) is 10.4 Å². The highest BCUT2D eigenvalue weighted by atomic mass is 35.5. The number of aromatic nitrogens is 2. The van der Waals surface area contributed by atoms with E-state index in [9.17, 15) is 4.79 Å². The van der Waals surface area contributed by atoms with Crippen LogP contribution in [-0.2, 0) is 10.5 Å². The summed E-state index contributed by atoms with van der Waals surface area (Å²) in [5.74, 6) is 1.63. The second kappa shape index (κ2) is 8.04. The fourth-order valence-electron chi connectivity index (χ4n) is 2.14. The molecule has 0 atom stereocenters. The first-order chi connectivity index (χ1) is 11.7. The molecule has 1 N–H and O–H groups in total. The summed E-state index contributed by atoms with van der Waals surface area (Å²) in [6.07, 6.45) is 1.83. The largest absolute Gasteiger partial charge is 0.308 e. The van der Waals surface area contributed by atoms with Gasteiger partial charge in [0.2, 0.25) is 5.91 Å². The second-order valence-electron chi connectivity index (χ2n) is 5.15. The van der Waals surface area contributed by atoms with Crippen molar-refractivity contribution in [2.45, 2.75) is 5.75 Å². The van der Waals surface area contributed by atoms with Gasteiger partial charge in [0.25, 0.3) is 0 Å². The number of thioether (sulfide) groups is 1. The quantitative estimate of drug-likeness (QED) is 0.711. The van der Waals surface area contributed by atoms with Gasteiger partial charge in [0, 0.05) is 23.0 Å². The molecule has 24 heavy (non-hydrogen) atoms. The minimum atomic E-state index is -0.0627. The van der Waals surface area contributed by atoms with Crippen LogP contribution in [0.5, 0.6) is 0 Å². The molecule has 0 aliphatic rings. The molecule has 0 aliphatic heterocycles. The minimum Gasteiger partial charge on any atom is -0.308 e. The fraction of sp³-hybridized carbons (Fsp3) is 0.111. The zero-order chi connectivity index (χ0) is 16.8. The first kappa shape index (κ1) is 16.6. The molecule has 0 fully saturated rings. The van der Waals surface area contributed by atoms with Gasteiger partial charge in [-0.05, 0) is 29.8 Å². The van der Waals surface area contributed by atoms with Gasteiger partial charge in [-0.2, -0.15) is 5.10 Å². The fourth-order valence-corrected chi connectivity index (χ4v) is 3.05. The number of anilines is 1. The van der Waals surface area contributed by atoms with Gasteiger partial charge in [-0.25, -0.2) is 4.68 Å². The predicted molar refractivity (Wildman–Crippen MR) is 99.8 cm³/mol. The molecule has 0 saturated carbocycles. The van der Waals surface area contributed by atoms with E-state index in [1.54, 1.807) is 22.5 Å². The summed E-state index contributed by atoms with van der Waals surface area (Å²) in [6, 6.07) is 19.2. The molecule has 4 nitrogen and oxygen atoms in total. The molecule has 2 aromatic carbocycles. The summed E-state index contributed by atoms with van der Waals surface area (Å²) in [7, 11) is 0. The Hall–Kier alpha value is -2.24. The molecule has 0 radical (unpaired) electrons. The molecule has 6 heteroatoms. The molecule has 0 spiro atoms. The van der Waals surface area contributed by atoms with Crippen molar-refractivity contribution in [2.24, 2.45) is 0 Å². The van der Waals surface area contributed by atoms with E-state index >= 15 is 0 Å². The van der Waals surface area contributed by atoms with E-state index in [4.69, 9.17) is 11.6 Å². The van der Waals surface area contributed by atoms with Crippen molar-refractivity contribution in [1.82, 2.24) is 9.78 Å². The Bertz CT molecular complexity index is 803. The van der Waals surface area contributed by atoms with E-state index in [0.717, 1.165) is 22.0 Å². The van der Waals surface area contributed by atoms with Crippen LogP contribution in [0.2, 0.25) is 5.02 Å². The van der Waals surface area contributed by atoms with Crippen LogP contribution in [0.3, 0.4) is 0 Å². The molecule has 1 amide bonds.